The van der Waals surface area contributed by atoms with Crippen LogP contribution in [0.4, 0.5) is 11.4 Å². The summed E-state index contributed by atoms with van der Waals surface area (Å²) in [6.07, 6.45) is 0. The number of benzene rings is 2. The van der Waals surface area contributed by atoms with E-state index < -0.39 is 0 Å². The maximum absolute atomic E-state index is 6.08. The van der Waals surface area contributed by atoms with Gasteiger partial charge in [0, 0.05) is 21.4 Å². The molecular weight excluding hydrogens is 311 g/mol. The third-order valence-electron chi connectivity index (χ3n) is 2.96. The maximum Gasteiger partial charge on any atom is 0.175 e. The van der Waals surface area contributed by atoms with Crippen molar-refractivity contribution >= 4 is 51.9 Å². The summed E-state index contributed by atoms with van der Waals surface area (Å²) in [4.78, 5) is 0. The molecule has 0 aliphatic rings. The second-order valence-electron chi connectivity index (χ2n) is 4.45. The number of thiocarbonyl (C=S) groups is 1. The number of hydrogen-bond donors (Lipinski definition) is 2. The molecule has 0 unspecified atom stereocenters. The SMILES string of the molecule is Cc1ccc(Cl)cc1NC(=S)Nc1cccc(Cl)c1C. The second kappa shape index (κ2) is 6.44. The van der Waals surface area contributed by atoms with Crippen LogP contribution in [0.2, 0.25) is 10.0 Å². The molecular formula is C15H14Cl2N2S. The highest BCUT2D eigenvalue weighted by Crippen LogP contribution is 2.24. The molecule has 104 valence electrons. The first kappa shape index (κ1) is 15.1. The predicted octanol–water partition coefficient (Wildman–Crippen LogP) is 5.42. The smallest absolute Gasteiger partial charge is 0.175 e. The minimum Gasteiger partial charge on any atom is -0.332 e. The van der Waals surface area contributed by atoms with Crippen LogP contribution in [0, 0.1) is 13.8 Å². The Morgan fingerprint density at radius 2 is 1.70 bits per heavy atom. The third-order valence-corrected chi connectivity index (χ3v) is 3.81. The van der Waals surface area contributed by atoms with E-state index in [-0.39, 0.29) is 0 Å². The third kappa shape index (κ3) is 3.63. The van der Waals surface area contributed by atoms with E-state index >= 15 is 0 Å². The Hall–Kier alpha value is -1.29. The lowest BCUT2D eigenvalue weighted by molar-refractivity contribution is 1.43. The lowest BCUT2D eigenvalue weighted by Gasteiger charge is -2.14. The molecule has 0 heterocycles. The van der Waals surface area contributed by atoms with Crippen molar-refractivity contribution in [2.45, 2.75) is 13.8 Å². The van der Waals surface area contributed by atoms with Crippen molar-refractivity contribution in [2.75, 3.05) is 10.6 Å². The van der Waals surface area contributed by atoms with Gasteiger partial charge in [-0.1, -0.05) is 35.3 Å². The average Bonchev–Trinajstić information content (AvgIpc) is 2.39. The van der Waals surface area contributed by atoms with Crippen LogP contribution in [0.3, 0.4) is 0 Å². The van der Waals surface area contributed by atoms with Crippen molar-refractivity contribution in [2.24, 2.45) is 0 Å². The number of rotatable bonds is 2. The molecule has 0 amide bonds. The average molecular weight is 325 g/mol. The molecule has 0 radical (unpaired) electrons. The van der Waals surface area contributed by atoms with Gasteiger partial charge in [-0.2, -0.15) is 0 Å². The highest BCUT2D eigenvalue weighted by atomic mass is 35.5. The van der Waals surface area contributed by atoms with Crippen LogP contribution < -0.4 is 10.6 Å². The lowest BCUT2D eigenvalue weighted by atomic mass is 10.2. The highest BCUT2D eigenvalue weighted by Gasteiger charge is 2.06. The van der Waals surface area contributed by atoms with Crippen LogP contribution >= 0.6 is 35.4 Å². The molecule has 2 aromatic rings. The van der Waals surface area contributed by atoms with Gasteiger partial charge in [-0.05, 0) is 61.5 Å². The summed E-state index contributed by atoms with van der Waals surface area (Å²) in [5.41, 5.74) is 3.80. The van der Waals surface area contributed by atoms with Crippen LogP contribution in [0.5, 0.6) is 0 Å². The minimum atomic E-state index is 0.501. The molecule has 2 rings (SSSR count). The Morgan fingerprint density at radius 1 is 1.00 bits per heavy atom. The van der Waals surface area contributed by atoms with E-state index in [2.05, 4.69) is 10.6 Å². The number of anilines is 2. The Morgan fingerprint density at radius 3 is 2.45 bits per heavy atom. The summed E-state index contributed by atoms with van der Waals surface area (Å²) in [7, 11) is 0. The van der Waals surface area contributed by atoms with Gasteiger partial charge in [0.05, 0.1) is 0 Å². The van der Waals surface area contributed by atoms with Gasteiger partial charge in [-0.15, -0.1) is 0 Å². The summed E-state index contributed by atoms with van der Waals surface area (Å²) in [6, 6.07) is 11.3. The van der Waals surface area contributed by atoms with Gasteiger partial charge >= 0.3 is 0 Å². The molecule has 0 atom stereocenters. The first-order valence-electron chi connectivity index (χ1n) is 6.06. The van der Waals surface area contributed by atoms with Crippen molar-refractivity contribution in [3.8, 4) is 0 Å². The molecule has 0 aliphatic heterocycles. The molecule has 2 nitrogen and oxygen atoms in total. The summed E-state index contributed by atoms with van der Waals surface area (Å²) in [5.74, 6) is 0. The molecule has 2 N–H and O–H groups in total. The molecule has 0 saturated heterocycles. The lowest BCUT2D eigenvalue weighted by Crippen LogP contribution is -2.20. The largest absolute Gasteiger partial charge is 0.332 e. The van der Waals surface area contributed by atoms with Crippen LogP contribution in [0.15, 0.2) is 36.4 Å². The van der Waals surface area contributed by atoms with E-state index in [9.17, 15) is 0 Å². The molecule has 0 spiro atoms. The van der Waals surface area contributed by atoms with Crippen molar-refractivity contribution in [3.05, 3.63) is 57.6 Å². The molecule has 0 fully saturated rings. The van der Waals surface area contributed by atoms with E-state index in [1.165, 1.54) is 0 Å². The van der Waals surface area contributed by atoms with Crippen molar-refractivity contribution in [1.29, 1.82) is 0 Å². The zero-order valence-electron chi connectivity index (χ0n) is 11.1. The fraction of sp³-hybridized carbons (Fsp3) is 0.133. The Kier molecular flexibility index (Phi) is 4.86. The topological polar surface area (TPSA) is 24.1 Å². The molecule has 0 bridgehead atoms. The first-order valence-corrected chi connectivity index (χ1v) is 7.23. The number of hydrogen-bond acceptors (Lipinski definition) is 1. The van der Waals surface area contributed by atoms with Gasteiger partial charge in [0.25, 0.3) is 0 Å². The normalized spacial score (nSPS) is 10.2. The Balaban J connectivity index is 2.13. The van der Waals surface area contributed by atoms with Crippen molar-refractivity contribution in [1.82, 2.24) is 0 Å². The molecule has 0 aliphatic carbocycles. The van der Waals surface area contributed by atoms with E-state index in [1.807, 2.05) is 50.2 Å². The van der Waals surface area contributed by atoms with E-state index in [0.29, 0.717) is 15.2 Å². The molecule has 0 aromatic heterocycles. The fourth-order valence-electron chi connectivity index (χ4n) is 1.75. The zero-order chi connectivity index (χ0) is 14.7. The summed E-state index contributed by atoms with van der Waals surface area (Å²) in [5, 5.41) is 8.15. The molecule has 2 aromatic carbocycles. The van der Waals surface area contributed by atoms with E-state index in [1.54, 1.807) is 0 Å². The van der Waals surface area contributed by atoms with E-state index in [0.717, 1.165) is 22.5 Å². The molecule has 0 saturated carbocycles. The fourth-order valence-corrected chi connectivity index (χ4v) is 2.31. The van der Waals surface area contributed by atoms with Crippen LogP contribution in [0.1, 0.15) is 11.1 Å². The molecule has 5 heteroatoms. The van der Waals surface area contributed by atoms with Crippen LogP contribution in [-0.2, 0) is 0 Å². The van der Waals surface area contributed by atoms with Gasteiger partial charge in [0.15, 0.2) is 5.11 Å². The standard InChI is InChI=1S/C15H14Cl2N2S/c1-9-6-7-11(16)8-14(9)19-15(20)18-13-5-3-4-12(17)10(13)2/h3-8H,1-2H3,(H2,18,19,20). The number of nitrogens with one attached hydrogen (secondary N) is 2. The maximum atomic E-state index is 6.08. The zero-order valence-corrected chi connectivity index (χ0v) is 13.5. The van der Waals surface area contributed by atoms with Gasteiger partial charge in [-0.3, -0.25) is 0 Å². The van der Waals surface area contributed by atoms with Crippen molar-refractivity contribution in [3.63, 3.8) is 0 Å². The summed E-state index contributed by atoms with van der Waals surface area (Å²) < 4.78 is 0. The Bertz CT molecular complexity index is 650. The van der Waals surface area contributed by atoms with E-state index in [4.69, 9.17) is 35.4 Å². The summed E-state index contributed by atoms with van der Waals surface area (Å²) >= 11 is 17.4. The number of halogens is 2. The number of aryl methyl sites for hydroxylation is 1. The Labute approximate surface area is 134 Å². The summed E-state index contributed by atoms with van der Waals surface area (Å²) in [6.45, 7) is 3.93. The molecule has 20 heavy (non-hydrogen) atoms. The van der Waals surface area contributed by atoms with Gasteiger partial charge < -0.3 is 10.6 Å². The van der Waals surface area contributed by atoms with Gasteiger partial charge in [0.2, 0.25) is 0 Å². The van der Waals surface area contributed by atoms with Crippen LogP contribution in [0.25, 0.3) is 0 Å². The highest BCUT2D eigenvalue weighted by molar-refractivity contribution is 7.80. The van der Waals surface area contributed by atoms with Gasteiger partial charge in [0.1, 0.15) is 0 Å². The quantitative estimate of drug-likeness (QED) is 0.721. The van der Waals surface area contributed by atoms with Gasteiger partial charge in [-0.25, -0.2) is 0 Å². The first-order chi connectivity index (χ1) is 9.47. The van der Waals surface area contributed by atoms with Crippen LogP contribution in [-0.4, -0.2) is 5.11 Å². The minimum absolute atomic E-state index is 0.501. The van der Waals surface area contributed by atoms with Crippen molar-refractivity contribution < 1.29 is 0 Å². The predicted molar refractivity (Wildman–Crippen MR) is 92.2 cm³/mol. The second-order valence-corrected chi connectivity index (χ2v) is 5.70. The monoisotopic (exact) mass is 324 g/mol.